The van der Waals surface area contributed by atoms with Gasteiger partial charge in [-0.1, -0.05) is 49.4 Å². The Kier molecular flexibility index (Phi) is 8.85. The molecule has 1 heterocycles. The number of benzene rings is 4. The molecular formula is C32H27N3O5S2. The SMILES string of the molecule is CCC(Sc1cccc(NC(=O)c2cccc3cccc(C(=O)O)c23)c1)C(=O)Nc1nc(-c2ccccc2OC)cs1. The van der Waals surface area contributed by atoms with Gasteiger partial charge in [-0.2, -0.15) is 0 Å². The molecule has 0 fully saturated rings. The smallest absolute Gasteiger partial charge is 0.336 e. The minimum atomic E-state index is -1.10. The average molecular weight is 598 g/mol. The van der Waals surface area contributed by atoms with Gasteiger partial charge < -0.3 is 20.5 Å². The highest BCUT2D eigenvalue weighted by Crippen LogP contribution is 2.33. The Morgan fingerprint density at radius 3 is 2.43 bits per heavy atom. The minimum Gasteiger partial charge on any atom is -0.496 e. The van der Waals surface area contributed by atoms with Gasteiger partial charge in [0.25, 0.3) is 5.91 Å². The van der Waals surface area contributed by atoms with E-state index in [1.165, 1.54) is 29.2 Å². The van der Waals surface area contributed by atoms with Gasteiger partial charge in [0.2, 0.25) is 5.91 Å². The molecule has 2 amide bonds. The highest BCUT2D eigenvalue weighted by Gasteiger charge is 2.21. The second kappa shape index (κ2) is 12.9. The quantitative estimate of drug-likeness (QED) is 0.143. The first-order valence-electron chi connectivity index (χ1n) is 13.1. The zero-order valence-electron chi connectivity index (χ0n) is 22.8. The predicted molar refractivity (Wildman–Crippen MR) is 168 cm³/mol. The van der Waals surface area contributed by atoms with Crippen LogP contribution in [0.4, 0.5) is 10.8 Å². The third-order valence-corrected chi connectivity index (χ3v) is 8.65. The van der Waals surface area contributed by atoms with E-state index in [1.807, 2.05) is 42.6 Å². The molecule has 0 saturated heterocycles. The summed E-state index contributed by atoms with van der Waals surface area (Å²) < 4.78 is 5.43. The summed E-state index contributed by atoms with van der Waals surface area (Å²) >= 11 is 2.73. The van der Waals surface area contributed by atoms with Crippen molar-refractivity contribution in [1.29, 1.82) is 0 Å². The number of thiazole rings is 1. The zero-order chi connectivity index (χ0) is 29.6. The summed E-state index contributed by atoms with van der Waals surface area (Å²) in [7, 11) is 1.61. The Hall–Kier alpha value is -4.67. The fourth-order valence-electron chi connectivity index (χ4n) is 4.54. The molecular weight excluding hydrogens is 571 g/mol. The largest absolute Gasteiger partial charge is 0.496 e. The standard InChI is InChI=1S/C32H27N3O5S2/c1-3-27(30(37)35-32-34-25(18-41-32)22-13-4-5-16-26(22)40-2)42-21-12-8-11-20(17-21)33-29(36)23-14-6-9-19-10-7-15-24(28(19)23)31(38)39/h4-18,27H,3H2,1-2H3,(H,33,36)(H,38,39)(H,34,35,37). The second-order valence-electron chi connectivity index (χ2n) is 9.24. The van der Waals surface area contributed by atoms with Crippen LogP contribution >= 0.6 is 23.1 Å². The fourth-order valence-corrected chi connectivity index (χ4v) is 6.26. The second-order valence-corrected chi connectivity index (χ2v) is 11.4. The van der Waals surface area contributed by atoms with E-state index in [0.717, 1.165) is 16.2 Å². The van der Waals surface area contributed by atoms with Crippen LogP contribution in [-0.2, 0) is 4.79 Å². The van der Waals surface area contributed by atoms with Gasteiger partial charge in [-0.05, 0) is 54.3 Å². The molecule has 3 N–H and O–H groups in total. The molecule has 0 spiro atoms. The van der Waals surface area contributed by atoms with E-state index < -0.39 is 17.1 Å². The van der Waals surface area contributed by atoms with E-state index >= 15 is 0 Å². The molecule has 0 bridgehead atoms. The van der Waals surface area contributed by atoms with E-state index in [0.29, 0.717) is 33.8 Å². The summed E-state index contributed by atoms with van der Waals surface area (Å²) in [6.45, 7) is 1.94. The maximum Gasteiger partial charge on any atom is 0.336 e. The number of aromatic nitrogens is 1. The summed E-state index contributed by atoms with van der Waals surface area (Å²) in [4.78, 5) is 43.6. The van der Waals surface area contributed by atoms with Crippen LogP contribution in [0.15, 0.2) is 95.2 Å². The third-order valence-electron chi connectivity index (χ3n) is 6.53. The van der Waals surface area contributed by atoms with Gasteiger partial charge in [0.15, 0.2) is 5.13 Å². The molecule has 1 unspecified atom stereocenters. The number of nitrogens with one attached hydrogen (secondary N) is 2. The van der Waals surface area contributed by atoms with Crippen LogP contribution in [0.25, 0.3) is 22.0 Å². The van der Waals surface area contributed by atoms with E-state index in [-0.39, 0.29) is 17.0 Å². The molecule has 4 aromatic carbocycles. The number of thioether (sulfide) groups is 1. The lowest BCUT2D eigenvalue weighted by molar-refractivity contribution is -0.115. The van der Waals surface area contributed by atoms with Crippen molar-refractivity contribution < 1.29 is 24.2 Å². The van der Waals surface area contributed by atoms with Crippen LogP contribution in [0, 0.1) is 0 Å². The molecule has 0 radical (unpaired) electrons. The average Bonchev–Trinajstić information content (AvgIpc) is 3.47. The Bertz CT molecular complexity index is 1780. The van der Waals surface area contributed by atoms with Gasteiger partial charge in [0, 0.05) is 32.5 Å². The number of carboxylic acid groups (broad SMARTS) is 1. The number of ether oxygens (including phenoxy) is 1. The van der Waals surface area contributed by atoms with Crippen LogP contribution < -0.4 is 15.4 Å². The van der Waals surface area contributed by atoms with Crippen molar-refractivity contribution in [2.45, 2.75) is 23.5 Å². The third kappa shape index (κ3) is 6.29. The molecule has 5 rings (SSSR count). The van der Waals surface area contributed by atoms with E-state index in [1.54, 1.807) is 55.6 Å². The number of methoxy groups -OCH3 is 1. The minimum absolute atomic E-state index is 0.0645. The normalized spacial score (nSPS) is 11.6. The van der Waals surface area contributed by atoms with Gasteiger partial charge in [-0.15, -0.1) is 23.1 Å². The predicted octanol–water partition coefficient (Wildman–Crippen LogP) is 7.43. The van der Waals surface area contributed by atoms with Crippen molar-refractivity contribution in [1.82, 2.24) is 4.98 Å². The van der Waals surface area contributed by atoms with Crippen molar-refractivity contribution >= 4 is 62.5 Å². The van der Waals surface area contributed by atoms with E-state index in [9.17, 15) is 19.5 Å². The number of amides is 2. The molecule has 0 saturated carbocycles. The molecule has 8 nitrogen and oxygen atoms in total. The number of carbonyl (C=O) groups excluding carboxylic acids is 2. The van der Waals surface area contributed by atoms with Crippen LogP contribution in [0.1, 0.15) is 34.1 Å². The zero-order valence-corrected chi connectivity index (χ0v) is 24.4. The van der Waals surface area contributed by atoms with Crippen LogP contribution in [0.5, 0.6) is 5.75 Å². The molecule has 10 heteroatoms. The van der Waals surface area contributed by atoms with Crippen molar-refractivity contribution in [3.8, 4) is 17.0 Å². The number of para-hydroxylation sites is 1. The molecule has 42 heavy (non-hydrogen) atoms. The Labute approximate surface area is 250 Å². The summed E-state index contributed by atoms with van der Waals surface area (Å²) in [5, 5.41) is 18.5. The lowest BCUT2D eigenvalue weighted by Gasteiger charge is -2.15. The van der Waals surface area contributed by atoms with Crippen LogP contribution in [-0.4, -0.2) is 40.2 Å². The highest BCUT2D eigenvalue weighted by molar-refractivity contribution is 8.00. The number of carbonyl (C=O) groups is 3. The van der Waals surface area contributed by atoms with Gasteiger partial charge in [0.05, 0.1) is 23.6 Å². The van der Waals surface area contributed by atoms with Gasteiger partial charge >= 0.3 is 5.97 Å². The number of nitrogens with zero attached hydrogens (tertiary/aromatic N) is 1. The number of carboxylic acids is 1. The molecule has 1 atom stereocenters. The Morgan fingerprint density at radius 2 is 1.69 bits per heavy atom. The van der Waals surface area contributed by atoms with Crippen LogP contribution in [0.3, 0.4) is 0 Å². The van der Waals surface area contributed by atoms with Crippen LogP contribution in [0.2, 0.25) is 0 Å². The highest BCUT2D eigenvalue weighted by atomic mass is 32.2. The summed E-state index contributed by atoms with van der Waals surface area (Å²) in [5.41, 5.74) is 2.43. The van der Waals surface area contributed by atoms with Crippen molar-refractivity contribution in [2.24, 2.45) is 0 Å². The first-order chi connectivity index (χ1) is 20.4. The molecule has 0 aliphatic rings. The van der Waals surface area contributed by atoms with Crippen molar-refractivity contribution in [2.75, 3.05) is 17.7 Å². The fraction of sp³-hybridized carbons (Fsp3) is 0.125. The Morgan fingerprint density at radius 1 is 0.952 bits per heavy atom. The first-order valence-corrected chi connectivity index (χ1v) is 14.9. The monoisotopic (exact) mass is 597 g/mol. The van der Waals surface area contributed by atoms with E-state index in [4.69, 9.17) is 4.74 Å². The maximum absolute atomic E-state index is 13.3. The number of hydrogen-bond donors (Lipinski definition) is 3. The summed E-state index contributed by atoms with van der Waals surface area (Å²) in [5.74, 6) is -0.986. The number of hydrogen-bond acceptors (Lipinski definition) is 7. The van der Waals surface area contributed by atoms with E-state index in [2.05, 4.69) is 15.6 Å². The molecule has 5 aromatic rings. The van der Waals surface area contributed by atoms with Gasteiger partial charge in [0.1, 0.15) is 5.75 Å². The molecule has 0 aliphatic carbocycles. The van der Waals surface area contributed by atoms with Crippen molar-refractivity contribution in [3.63, 3.8) is 0 Å². The maximum atomic E-state index is 13.3. The molecule has 1 aromatic heterocycles. The first kappa shape index (κ1) is 28.8. The van der Waals surface area contributed by atoms with Crippen molar-refractivity contribution in [3.05, 3.63) is 101 Å². The van der Waals surface area contributed by atoms with Gasteiger partial charge in [-0.25, -0.2) is 9.78 Å². The molecule has 0 aliphatic heterocycles. The number of rotatable bonds is 10. The summed E-state index contributed by atoms with van der Waals surface area (Å²) in [6, 6.07) is 24.8. The van der Waals surface area contributed by atoms with Gasteiger partial charge in [-0.3, -0.25) is 9.59 Å². The lowest BCUT2D eigenvalue weighted by atomic mass is 9.98. The summed E-state index contributed by atoms with van der Waals surface area (Å²) in [6.07, 6.45) is 0.575. The lowest BCUT2D eigenvalue weighted by Crippen LogP contribution is -2.24. The number of aromatic carboxylic acids is 1. The number of anilines is 2. The molecule has 212 valence electrons. The Balaban J connectivity index is 1.29. The topological polar surface area (TPSA) is 118 Å². The number of fused-ring (bicyclic) bond motifs is 1.